The van der Waals surface area contributed by atoms with E-state index in [0.717, 1.165) is 0 Å². The number of carbonyl (C=O) groups is 2. The van der Waals surface area contributed by atoms with Gasteiger partial charge in [0.25, 0.3) is 11.6 Å². The van der Waals surface area contributed by atoms with Crippen LogP contribution in [0.3, 0.4) is 0 Å². The molecule has 1 aromatic rings. The van der Waals surface area contributed by atoms with Gasteiger partial charge in [-0.3, -0.25) is 0 Å². The summed E-state index contributed by atoms with van der Waals surface area (Å²) in [6.45, 7) is 12.0. The van der Waals surface area contributed by atoms with Gasteiger partial charge in [0.15, 0.2) is 0 Å². The van der Waals surface area contributed by atoms with Crippen LogP contribution >= 0.6 is 0 Å². The van der Waals surface area contributed by atoms with Gasteiger partial charge in [-0.05, 0) is 13.8 Å². The van der Waals surface area contributed by atoms with Crippen molar-refractivity contribution in [3.63, 3.8) is 0 Å². The molecule has 6 heteroatoms. The Morgan fingerprint density at radius 2 is 1.04 bits per heavy atom. The maximum Gasteiger partial charge on any atom is 0.335 e. The molecule has 0 aliphatic rings. The van der Waals surface area contributed by atoms with E-state index in [1.54, 1.807) is 0 Å². The molecule has 0 spiro atoms. The lowest BCUT2D eigenvalue weighted by atomic mass is 10.0. The third-order valence-corrected chi connectivity index (χ3v) is 3.21. The number of benzene rings is 1. The van der Waals surface area contributed by atoms with Gasteiger partial charge < -0.3 is 9.47 Å². The van der Waals surface area contributed by atoms with Gasteiger partial charge in [-0.2, -0.15) is 10.2 Å². The summed E-state index contributed by atoms with van der Waals surface area (Å²) < 4.78 is 9.68. The Labute approximate surface area is 141 Å². The number of hydrogen-bond acceptors (Lipinski definition) is 4. The van der Waals surface area contributed by atoms with E-state index >= 15 is 0 Å². The average molecular weight is 332 g/mol. The minimum absolute atomic E-state index is 0.104. The number of hydrogen-bond donors (Lipinski definition) is 0. The van der Waals surface area contributed by atoms with Gasteiger partial charge in [0.05, 0.1) is 0 Å². The Kier molecular flexibility index (Phi) is 5.71. The lowest BCUT2D eigenvalue weighted by Crippen LogP contribution is -2.29. The molecule has 0 amide bonds. The first-order chi connectivity index (χ1) is 10.9. The molecular weight excluding hydrogens is 312 g/mol. The van der Waals surface area contributed by atoms with Crippen molar-refractivity contribution < 1.29 is 29.3 Å². The first-order valence-electron chi connectivity index (χ1n) is 7.16. The Bertz CT molecular complexity index is 608. The molecule has 0 heterocycles. The van der Waals surface area contributed by atoms with Crippen LogP contribution in [0.4, 0.5) is 0 Å². The quantitative estimate of drug-likeness (QED) is 0.454. The van der Waals surface area contributed by atoms with Crippen LogP contribution in [-0.4, -0.2) is 11.9 Å². The topological polar surface area (TPSA) is 92.4 Å². The summed E-state index contributed by atoms with van der Waals surface area (Å²) in [5.41, 5.74) is 0.492. The van der Waals surface area contributed by atoms with Crippen LogP contribution in [0.25, 0.3) is 0 Å². The van der Waals surface area contributed by atoms with Gasteiger partial charge in [0.2, 0.25) is 0 Å². The smallest absolute Gasteiger partial charge is 0.335 e. The van der Waals surface area contributed by atoms with Crippen molar-refractivity contribution in [2.75, 3.05) is 0 Å². The summed E-state index contributed by atoms with van der Waals surface area (Å²) in [4.78, 5) is 23.0. The van der Waals surface area contributed by atoms with Crippen LogP contribution in [-0.2, 0) is 40.9 Å². The summed E-state index contributed by atoms with van der Waals surface area (Å²) in [6.07, 6.45) is 0. The summed E-state index contributed by atoms with van der Waals surface area (Å²) in [5, 5.41) is 24.8. The molecule has 2 unspecified atom stereocenters. The Balaban J connectivity index is 2.99. The number of carbonyl (C=O) groups excluding carboxylic acids is 2. The van der Waals surface area contributed by atoms with E-state index in [0.29, 0.717) is 0 Å². The molecule has 128 valence electrons. The van der Waals surface area contributed by atoms with E-state index in [1.165, 1.54) is 52.0 Å². The second kappa shape index (κ2) is 6.98. The van der Waals surface area contributed by atoms with Gasteiger partial charge >= 0.3 is 11.9 Å². The Hall–Kier alpha value is -2.44. The van der Waals surface area contributed by atoms with E-state index in [1.807, 2.05) is 0 Å². The maximum absolute atomic E-state index is 12.4. The van der Waals surface area contributed by atoms with Crippen molar-refractivity contribution in [2.24, 2.45) is 0 Å². The number of ether oxygens (including phenoxy) is 2. The first kappa shape index (κ1) is 19.6. The third-order valence-electron chi connectivity index (χ3n) is 3.21. The number of esters is 2. The predicted octanol–water partition coefficient (Wildman–Crippen LogP) is 3.13. The highest BCUT2D eigenvalue weighted by Gasteiger charge is 2.33. The van der Waals surface area contributed by atoms with Gasteiger partial charge in [0.1, 0.15) is 0 Å². The summed E-state index contributed by atoms with van der Waals surface area (Å²) in [6, 6.07) is 5.38. The van der Waals surface area contributed by atoms with Gasteiger partial charge in [-0.15, -0.1) is 0 Å². The van der Waals surface area contributed by atoms with Crippen molar-refractivity contribution in [2.45, 2.75) is 39.3 Å². The normalized spacial score (nSPS) is 15.6. The molecule has 6 nitrogen and oxygen atoms in total. The van der Waals surface area contributed by atoms with Gasteiger partial charge in [0, 0.05) is 36.1 Å². The molecule has 24 heavy (non-hydrogen) atoms. The molecular formula is C18H20O6. The maximum atomic E-state index is 12.4. The Morgan fingerprint density at radius 3 is 1.25 bits per heavy atom. The molecule has 2 atom stereocenters. The molecule has 0 aliphatic heterocycles. The lowest BCUT2D eigenvalue weighted by Gasteiger charge is -2.24. The van der Waals surface area contributed by atoms with Crippen molar-refractivity contribution >= 4 is 11.9 Å². The monoisotopic (exact) mass is 332 g/mol. The third kappa shape index (κ3) is 4.78. The minimum Gasteiger partial charge on any atom is -0.423 e. The fraction of sp³-hybridized carbons (Fsp3) is 0.333. The zero-order valence-electron chi connectivity index (χ0n) is 14.2. The largest absolute Gasteiger partial charge is 0.423 e. The van der Waals surface area contributed by atoms with Gasteiger partial charge in [-0.1, -0.05) is 37.4 Å². The van der Waals surface area contributed by atoms with Crippen LogP contribution < -0.4 is 0 Å². The van der Waals surface area contributed by atoms with E-state index in [4.69, 9.17) is 9.47 Å². The highest BCUT2D eigenvalue weighted by molar-refractivity contribution is 5.87. The lowest BCUT2D eigenvalue weighted by molar-refractivity contribution is -0.231. The minimum atomic E-state index is -2.14. The highest BCUT2D eigenvalue weighted by atomic mass is 16.7. The van der Waals surface area contributed by atoms with Crippen LogP contribution in [0.5, 0.6) is 0 Å². The molecule has 0 N–H and O–H groups in total. The van der Waals surface area contributed by atoms with E-state index < -0.39 is 23.5 Å². The molecule has 1 aromatic carbocycles. The zero-order valence-corrected chi connectivity index (χ0v) is 14.2. The fourth-order valence-corrected chi connectivity index (χ4v) is 1.72. The van der Waals surface area contributed by atoms with Gasteiger partial charge in [-0.25, -0.2) is 9.59 Å². The fourth-order valence-electron chi connectivity index (χ4n) is 1.72. The molecule has 0 saturated heterocycles. The van der Waals surface area contributed by atoms with E-state index in [-0.39, 0.29) is 22.3 Å². The van der Waals surface area contributed by atoms with E-state index in [9.17, 15) is 19.8 Å². The second-order valence-electron chi connectivity index (χ2n) is 5.81. The highest BCUT2D eigenvalue weighted by Crippen LogP contribution is 2.29. The second-order valence-corrected chi connectivity index (χ2v) is 5.81. The van der Waals surface area contributed by atoms with Crippen molar-refractivity contribution in [1.82, 2.24) is 0 Å². The zero-order chi connectivity index (χ0) is 18.7. The molecule has 1 rings (SSSR count). The molecule has 0 saturated carbocycles. The van der Waals surface area contributed by atoms with Crippen LogP contribution in [0.2, 0.25) is 0 Å². The van der Waals surface area contributed by atoms with E-state index in [2.05, 4.69) is 13.2 Å². The standard InChI is InChI=1S/C18H20O6/c1-11(2)15(19)23-17(5,21)13-7-9-14(10-8-13)18(6,22)24-16(20)12(3)4/h7-10H,1,3H2,2,4-6H3. The van der Waals surface area contributed by atoms with Crippen molar-refractivity contribution in [3.8, 4) is 0 Å². The molecule has 2 radical (unpaired) electrons. The average Bonchev–Trinajstić information content (AvgIpc) is 2.46. The first-order valence-corrected chi connectivity index (χ1v) is 7.16. The summed E-state index contributed by atoms with van der Waals surface area (Å²) in [7, 11) is 0. The van der Waals surface area contributed by atoms with Crippen LogP contribution in [0, 0.1) is 0 Å². The van der Waals surface area contributed by atoms with Crippen molar-refractivity contribution in [3.05, 3.63) is 59.7 Å². The van der Waals surface area contributed by atoms with Crippen LogP contribution in [0.1, 0.15) is 38.8 Å². The molecule has 0 aromatic heterocycles. The SMILES string of the molecule is C=C(C)C(=O)OC(C)([O])c1ccc(C(C)([O])OC(=O)C(=C)C)cc1. The predicted molar refractivity (Wildman–Crippen MR) is 84.3 cm³/mol. The summed E-state index contributed by atoms with van der Waals surface area (Å²) >= 11 is 0. The molecule has 0 bridgehead atoms. The van der Waals surface area contributed by atoms with Crippen molar-refractivity contribution in [1.29, 1.82) is 0 Å². The Morgan fingerprint density at radius 1 is 0.792 bits per heavy atom. The van der Waals surface area contributed by atoms with Crippen LogP contribution in [0.15, 0.2) is 48.6 Å². The molecule has 0 aliphatic carbocycles. The summed E-state index contributed by atoms with van der Waals surface area (Å²) in [5.74, 6) is -5.88. The molecule has 0 fully saturated rings. The number of rotatable bonds is 6.